The molecule has 1 atom stereocenters. The Hall–Kier alpha value is -0.380. The number of rotatable bonds is 4. The fourth-order valence-corrected chi connectivity index (χ4v) is 2.25. The molecule has 2 rings (SSSR count). The normalized spacial score (nSPS) is 18.5. The van der Waals surface area contributed by atoms with Crippen LogP contribution >= 0.6 is 15.9 Å². The fraction of sp³-hybridized carbons (Fsp3) is 0.500. The van der Waals surface area contributed by atoms with E-state index in [1.54, 1.807) is 0 Å². The molecule has 3 heteroatoms. The van der Waals surface area contributed by atoms with Gasteiger partial charge in [-0.1, -0.05) is 34.5 Å². The van der Waals surface area contributed by atoms with Crippen LogP contribution in [0.25, 0.3) is 0 Å². The van der Waals surface area contributed by atoms with Gasteiger partial charge in [-0.2, -0.15) is 0 Å². The number of benzene rings is 1. The van der Waals surface area contributed by atoms with E-state index in [1.165, 1.54) is 19.3 Å². The van der Waals surface area contributed by atoms with Gasteiger partial charge in [-0.3, -0.25) is 0 Å². The summed E-state index contributed by atoms with van der Waals surface area (Å²) in [6.07, 6.45) is 3.79. The van der Waals surface area contributed by atoms with Crippen LogP contribution in [0.4, 0.5) is 0 Å². The second-order valence-electron chi connectivity index (χ2n) is 4.08. The Morgan fingerprint density at radius 2 is 2.27 bits per heavy atom. The maximum atomic E-state index is 9.36. The van der Waals surface area contributed by atoms with Crippen LogP contribution in [-0.4, -0.2) is 17.8 Å². The molecule has 82 valence electrons. The average molecular weight is 270 g/mol. The summed E-state index contributed by atoms with van der Waals surface area (Å²) in [7, 11) is 0. The number of aliphatic hydroxyl groups is 1. The van der Waals surface area contributed by atoms with Crippen LogP contribution in [0.1, 0.15) is 30.9 Å². The van der Waals surface area contributed by atoms with E-state index in [1.807, 2.05) is 12.1 Å². The highest BCUT2D eigenvalue weighted by atomic mass is 79.9. The summed E-state index contributed by atoms with van der Waals surface area (Å²) in [5.41, 5.74) is 1.15. The van der Waals surface area contributed by atoms with Crippen molar-refractivity contribution in [1.29, 1.82) is 0 Å². The molecule has 0 radical (unpaired) electrons. The molecule has 1 aromatic carbocycles. The zero-order valence-electron chi connectivity index (χ0n) is 8.62. The SMILES string of the molecule is OCC(NC1CCC1)c1cccc(Br)c1. The number of aliphatic hydroxyl groups excluding tert-OH is 1. The molecular formula is C12H16BrNO. The second kappa shape index (κ2) is 5.10. The van der Waals surface area contributed by atoms with Crippen LogP contribution in [-0.2, 0) is 0 Å². The summed E-state index contributed by atoms with van der Waals surface area (Å²) in [6.45, 7) is 0.160. The Kier molecular flexibility index (Phi) is 3.78. The van der Waals surface area contributed by atoms with E-state index >= 15 is 0 Å². The summed E-state index contributed by atoms with van der Waals surface area (Å²) in [5, 5.41) is 12.8. The first-order valence-corrected chi connectivity index (χ1v) is 6.21. The van der Waals surface area contributed by atoms with E-state index in [0.29, 0.717) is 6.04 Å². The first-order chi connectivity index (χ1) is 7.29. The van der Waals surface area contributed by atoms with Crippen molar-refractivity contribution in [3.05, 3.63) is 34.3 Å². The molecule has 2 N–H and O–H groups in total. The molecule has 0 aromatic heterocycles. The molecule has 0 heterocycles. The molecule has 2 nitrogen and oxygen atoms in total. The second-order valence-corrected chi connectivity index (χ2v) is 5.00. The van der Waals surface area contributed by atoms with Crippen molar-refractivity contribution < 1.29 is 5.11 Å². The highest BCUT2D eigenvalue weighted by molar-refractivity contribution is 9.10. The molecule has 1 fully saturated rings. The minimum atomic E-state index is 0.0767. The molecule has 0 spiro atoms. The molecule has 0 bridgehead atoms. The van der Waals surface area contributed by atoms with E-state index in [4.69, 9.17) is 0 Å². The predicted octanol–water partition coefficient (Wildman–Crippen LogP) is 2.62. The van der Waals surface area contributed by atoms with Crippen LogP contribution in [0.15, 0.2) is 28.7 Å². The van der Waals surface area contributed by atoms with E-state index in [9.17, 15) is 5.11 Å². The van der Waals surface area contributed by atoms with Gasteiger partial charge < -0.3 is 10.4 Å². The highest BCUT2D eigenvalue weighted by Crippen LogP contribution is 2.24. The molecule has 1 unspecified atom stereocenters. The Morgan fingerprint density at radius 3 is 2.80 bits per heavy atom. The van der Waals surface area contributed by atoms with Crippen molar-refractivity contribution in [2.24, 2.45) is 0 Å². The lowest BCUT2D eigenvalue weighted by atomic mass is 9.91. The van der Waals surface area contributed by atoms with Crippen molar-refractivity contribution in [3.63, 3.8) is 0 Å². The molecule has 1 aromatic rings. The van der Waals surface area contributed by atoms with Crippen molar-refractivity contribution in [1.82, 2.24) is 5.32 Å². The van der Waals surface area contributed by atoms with E-state index < -0.39 is 0 Å². The molecule has 1 aliphatic carbocycles. The lowest BCUT2D eigenvalue weighted by Gasteiger charge is -2.31. The number of hydrogen-bond acceptors (Lipinski definition) is 2. The smallest absolute Gasteiger partial charge is 0.0626 e. The zero-order chi connectivity index (χ0) is 10.7. The van der Waals surface area contributed by atoms with Crippen molar-refractivity contribution in [3.8, 4) is 0 Å². The topological polar surface area (TPSA) is 32.3 Å². The van der Waals surface area contributed by atoms with Gasteiger partial charge >= 0.3 is 0 Å². The minimum absolute atomic E-state index is 0.0767. The van der Waals surface area contributed by atoms with Gasteiger partial charge in [0.2, 0.25) is 0 Å². The summed E-state index contributed by atoms with van der Waals surface area (Å²) in [5.74, 6) is 0. The van der Waals surface area contributed by atoms with Crippen molar-refractivity contribution in [2.75, 3.05) is 6.61 Å². The lowest BCUT2D eigenvalue weighted by Crippen LogP contribution is -2.39. The maximum Gasteiger partial charge on any atom is 0.0626 e. The van der Waals surface area contributed by atoms with E-state index in [-0.39, 0.29) is 12.6 Å². The first-order valence-electron chi connectivity index (χ1n) is 5.42. The lowest BCUT2D eigenvalue weighted by molar-refractivity contribution is 0.209. The highest BCUT2D eigenvalue weighted by Gasteiger charge is 2.21. The van der Waals surface area contributed by atoms with Crippen LogP contribution in [0.3, 0.4) is 0 Å². The van der Waals surface area contributed by atoms with Gasteiger partial charge in [0.1, 0.15) is 0 Å². The summed E-state index contributed by atoms with van der Waals surface area (Å²) < 4.78 is 1.06. The minimum Gasteiger partial charge on any atom is -0.394 e. The Bertz CT molecular complexity index is 325. The van der Waals surface area contributed by atoms with Crippen LogP contribution in [0.5, 0.6) is 0 Å². The maximum absolute atomic E-state index is 9.36. The Balaban J connectivity index is 2.04. The molecule has 0 saturated heterocycles. The van der Waals surface area contributed by atoms with Crippen molar-refractivity contribution >= 4 is 15.9 Å². The van der Waals surface area contributed by atoms with E-state index in [2.05, 4.69) is 33.4 Å². The largest absolute Gasteiger partial charge is 0.394 e. The average Bonchev–Trinajstić information content (AvgIpc) is 2.16. The van der Waals surface area contributed by atoms with Crippen molar-refractivity contribution in [2.45, 2.75) is 31.3 Å². The van der Waals surface area contributed by atoms with Gasteiger partial charge in [-0.25, -0.2) is 0 Å². The molecule has 15 heavy (non-hydrogen) atoms. The van der Waals surface area contributed by atoms with Gasteiger partial charge in [0.25, 0.3) is 0 Å². The van der Waals surface area contributed by atoms with Gasteiger partial charge in [0.05, 0.1) is 12.6 Å². The molecule has 1 aliphatic rings. The quantitative estimate of drug-likeness (QED) is 0.881. The fourth-order valence-electron chi connectivity index (χ4n) is 1.84. The zero-order valence-corrected chi connectivity index (χ0v) is 10.2. The van der Waals surface area contributed by atoms with E-state index in [0.717, 1.165) is 10.0 Å². The molecular weight excluding hydrogens is 254 g/mol. The standard InChI is InChI=1S/C12H16BrNO/c13-10-4-1-3-9(7-10)12(8-15)14-11-5-2-6-11/h1,3-4,7,11-12,14-15H,2,5-6,8H2. The third kappa shape index (κ3) is 2.80. The third-order valence-electron chi connectivity index (χ3n) is 2.98. The number of hydrogen-bond donors (Lipinski definition) is 2. The number of nitrogens with one attached hydrogen (secondary N) is 1. The van der Waals surface area contributed by atoms with Crippen LogP contribution in [0, 0.1) is 0 Å². The van der Waals surface area contributed by atoms with Gasteiger partial charge in [0.15, 0.2) is 0 Å². The van der Waals surface area contributed by atoms with Gasteiger partial charge in [-0.05, 0) is 30.5 Å². The van der Waals surface area contributed by atoms with Gasteiger partial charge in [-0.15, -0.1) is 0 Å². The van der Waals surface area contributed by atoms with Gasteiger partial charge in [0, 0.05) is 10.5 Å². The molecule has 1 saturated carbocycles. The Morgan fingerprint density at radius 1 is 1.47 bits per heavy atom. The third-order valence-corrected chi connectivity index (χ3v) is 3.47. The summed E-state index contributed by atoms with van der Waals surface area (Å²) in [6, 6.07) is 8.80. The molecule has 0 aliphatic heterocycles. The Labute approximate surface area is 98.8 Å². The van der Waals surface area contributed by atoms with Crippen LogP contribution < -0.4 is 5.32 Å². The first kappa shape index (κ1) is 11.1. The summed E-state index contributed by atoms with van der Waals surface area (Å²) in [4.78, 5) is 0. The molecule has 0 amide bonds. The predicted molar refractivity (Wildman–Crippen MR) is 64.7 cm³/mol. The van der Waals surface area contributed by atoms with Crippen LogP contribution in [0.2, 0.25) is 0 Å². The monoisotopic (exact) mass is 269 g/mol. The number of halogens is 1. The summed E-state index contributed by atoms with van der Waals surface area (Å²) >= 11 is 3.45.